The molecule has 1 heterocycles. The number of halogens is 2. The molecule has 3 aromatic rings. The summed E-state index contributed by atoms with van der Waals surface area (Å²) in [5, 5.41) is 6.96. The number of aromatic nitrogens is 2. The normalized spacial score (nSPS) is 13.2. The molecular formula is C21H18ClFN4O. The zero-order chi connectivity index (χ0) is 19.7. The number of hydrogen-bond acceptors (Lipinski definition) is 5. The van der Waals surface area contributed by atoms with Crippen LogP contribution in [0.3, 0.4) is 0 Å². The Morgan fingerprint density at radius 2 is 1.82 bits per heavy atom. The van der Waals surface area contributed by atoms with Crippen molar-refractivity contribution in [2.75, 3.05) is 10.6 Å². The molecule has 1 aromatic heterocycles. The van der Waals surface area contributed by atoms with Crippen molar-refractivity contribution >= 4 is 40.5 Å². The summed E-state index contributed by atoms with van der Waals surface area (Å²) in [7, 11) is 0. The number of aryl methyl sites for hydroxylation is 1. The lowest BCUT2D eigenvalue weighted by atomic mass is 9.95. The maximum absolute atomic E-state index is 13.2. The van der Waals surface area contributed by atoms with Crippen molar-refractivity contribution in [2.45, 2.75) is 26.2 Å². The minimum absolute atomic E-state index is 0.0248. The number of carbonyl (C=O) groups excluding carboxylic acids is 1. The minimum Gasteiger partial charge on any atom is -0.339 e. The smallest absolute Gasteiger partial charge is 0.229 e. The summed E-state index contributed by atoms with van der Waals surface area (Å²) in [6.07, 6.45) is 1.93. The van der Waals surface area contributed by atoms with E-state index in [1.165, 1.54) is 12.1 Å². The Kier molecular flexibility index (Phi) is 4.96. The number of benzene rings is 2. The van der Waals surface area contributed by atoms with Gasteiger partial charge in [-0.3, -0.25) is 4.79 Å². The zero-order valence-electron chi connectivity index (χ0n) is 15.2. The number of ketones is 1. The Morgan fingerprint density at radius 1 is 1.04 bits per heavy atom. The summed E-state index contributed by atoms with van der Waals surface area (Å²) in [4.78, 5) is 21.6. The largest absolute Gasteiger partial charge is 0.339 e. The molecule has 0 fully saturated rings. The first-order valence-electron chi connectivity index (χ1n) is 9.00. The average Bonchev–Trinajstić information content (AvgIpc) is 2.67. The van der Waals surface area contributed by atoms with Crippen LogP contribution in [-0.4, -0.2) is 15.8 Å². The third-order valence-corrected chi connectivity index (χ3v) is 5.11. The number of nitrogens with one attached hydrogen (secondary N) is 2. The van der Waals surface area contributed by atoms with Crippen LogP contribution >= 0.6 is 11.6 Å². The highest BCUT2D eigenvalue weighted by Crippen LogP contribution is 2.32. The van der Waals surface area contributed by atoms with Crippen molar-refractivity contribution < 1.29 is 9.18 Å². The van der Waals surface area contributed by atoms with Gasteiger partial charge in [-0.1, -0.05) is 17.7 Å². The molecule has 4 rings (SSSR count). The second kappa shape index (κ2) is 7.56. The molecule has 2 aromatic carbocycles. The van der Waals surface area contributed by atoms with E-state index in [-0.39, 0.29) is 11.6 Å². The van der Waals surface area contributed by atoms with Gasteiger partial charge in [-0.25, -0.2) is 9.37 Å². The highest BCUT2D eigenvalue weighted by molar-refractivity contribution is 6.31. The topological polar surface area (TPSA) is 66.9 Å². The third-order valence-electron chi connectivity index (χ3n) is 4.70. The van der Waals surface area contributed by atoms with Crippen LogP contribution in [0.1, 0.15) is 34.5 Å². The average molecular weight is 397 g/mol. The van der Waals surface area contributed by atoms with E-state index in [9.17, 15) is 9.18 Å². The Balaban J connectivity index is 1.75. The first kappa shape index (κ1) is 18.4. The first-order valence-corrected chi connectivity index (χ1v) is 9.38. The van der Waals surface area contributed by atoms with Crippen molar-refractivity contribution in [3.63, 3.8) is 0 Å². The molecule has 0 amide bonds. The monoisotopic (exact) mass is 396 g/mol. The number of rotatable bonds is 4. The van der Waals surface area contributed by atoms with Gasteiger partial charge >= 0.3 is 0 Å². The highest BCUT2D eigenvalue weighted by Gasteiger charge is 2.25. The van der Waals surface area contributed by atoms with Crippen molar-refractivity contribution in [3.8, 4) is 0 Å². The van der Waals surface area contributed by atoms with E-state index in [0.29, 0.717) is 46.6 Å². The lowest BCUT2D eigenvalue weighted by Crippen LogP contribution is -2.18. The second-order valence-corrected chi connectivity index (χ2v) is 7.07. The number of fused-ring (bicyclic) bond motifs is 1. The Hall–Kier alpha value is -2.99. The molecule has 0 spiro atoms. The SMILES string of the molecule is Cc1c(Cl)cccc1Nc1nc(Nc2ccc(F)cc2)nc2c1C(=O)CCC2. The molecule has 2 N–H and O–H groups in total. The summed E-state index contributed by atoms with van der Waals surface area (Å²) < 4.78 is 13.2. The maximum Gasteiger partial charge on any atom is 0.229 e. The first-order chi connectivity index (χ1) is 13.5. The van der Waals surface area contributed by atoms with Crippen LogP contribution in [0.2, 0.25) is 5.02 Å². The predicted molar refractivity (Wildman–Crippen MR) is 108 cm³/mol. The van der Waals surface area contributed by atoms with Crippen LogP contribution in [0.15, 0.2) is 42.5 Å². The van der Waals surface area contributed by atoms with Crippen molar-refractivity contribution in [1.29, 1.82) is 0 Å². The number of anilines is 4. The van der Waals surface area contributed by atoms with Gasteiger partial charge in [0.2, 0.25) is 5.95 Å². The molecule has 0 bridgehead atoms. The second-order valence-electron chi connectivity index (χ2n) is 6.66. The fraction of sp³-hybridized carbons (Fsp3) is 0.190. The van der Waals surface area contributed by atoms with E-state index < -0.39 is 0 Å². The van der Waals surface area contributed by atoms with Crippen LogP contribution in [0.4, 0.5) is 27.5 Å². The molecular weight excluding hydrogens is 379 g/mol. The summed E-state index contributed by atoms with van der Waals surface area (Å²) in [5.74, 6) is 0.505. The van der Waals surface area contributed by atoms with Crippen molar-refractivity contribution in [1.82, 2.24) is 9.97 Å². The molecule has 0 aliphatic heterocycles. The van der Waals surface area contributed by atoms with E-state index in [4.69, 9.17) is 11.6 Å². The quantitative estimate of drug-likeness (QED) is 0.602. The molecule has 0 saturated heterocycles. The molecule has 1 aliphatic carbocycles. The Bertz CT molecular complexity index is 1050. The molecule has 0 atom stereocenters. The predicted octanol–water partition coefficient (Wildman–Crippen LogP) is 5.58. The molecule has 7 heteroatoms. The van der Waals surface area contributed by atoms with Crippen molar-refractivity contribution in [3.05, 3.63) is 70.1 Å². The molecule has 28 heavy (non-hydrogen) atoms. The van der Waals surface area contributed by atoms with Crippen LogP contribution in [-0.2, 0) is 6.42 Å². The van der Waals surface area contributed by atoms with Gasteiger partial charge in [0.15, 0.2) is 5.78 Å². The third kappa shape index (κ3) is 3.68. The van der Waals surface area contributed by atoms with Gasteiger partial charge in [-0.05, 0) is 61.7 Å². The van der Waals surface area contributed by atoms with Gasteiger partial charge in [0, 0.05) is 22.8 Å². The molecule has 0 radical (unpaired) electrons. The number of carbonyl (C=O) groups is 1. The van der Waals surface area contributed by atoms with Gasteiger partial charge in [0.25, 0.3) is 0 Å². The summed E-state index contributed by atoms with van der Waals surface area (Å²) in [6, 6.07) is 11.5. The van der Waals surface area contributed by atoms with E-state index in [1.54, 1.807) is 12.1 Å². The lowest BCUT2D eigenvalue weighted by molar-refractivity contribution is 0.0972. The molecule has 0 unspecified atom stereocenters. The van der Waals surface area contributed by atoms with E-state index in [0.717, 1.165) is 17.7 Å². The maximum atomic E-state index is 13.2. The van der Waals surface area contributed by atoms with Gasteiger partial charge in [0.1, 0.15) is 11.6 Å². The lowest BCUT2D eigenvalue weighted by Gasteiger charge is -2.20. The zero-order valence-corrected chi connectivity index (χ0v) is 16.0. The van der Waals surface area contributed by atoms with Gasteiger partial charge in [-0.15, -0.1) is 0 Å². The minimum atomic E-state index is -0.318. The summed E-state index contributed by atoms with van der Waals surface area (Å²) in [5.41, 5.74) is 3.54. The van der Waals surface area contributed by atoms with Crippen molar-refractivity contribution in [2.24, 2.45) is 0 Å². The summed E-state index contributed by atoms with van der Waals surface area (Å²) in [6.45, 7) is 1.90. The van der Waals surface area contributed by atoms with Gasteiger partial charge < -0.3 is 10.6 Å². The summed E-state index contributed by atoms with van der Waals surface area (Å²) >= 11 is 6.22. The molecule has 0 saturated carbocycles. The van der Waals surface area contributed by atoms with Crippen LogP contribution < -0.4 is 10.6 Å². The molecule has 5 nitrogen and oxygen atoms in total. The van der Waals surface area contributed by atoms with E-state index in [2.05, 4.69) is 20.6 Å². The Labute approximate surface area is 167 Å². The highest BCUT2D eigenvalue weighted by atomic mass is 35.5. The van der Waals surface area contributed by atoms with E-state index in [1.807, 2.05) is 25.1 Å². The van der Waals surface area contributed by atoms with E-state index >= 15 is 0 Å². The molecule has 142 valence electrons. The van der Waals surface area contributed by atoms with Crippen LogP contribution in [0.5, 0.6) is 0 Å². The Morgan fingerprint density at radius 3 is 2.61 bits per heavy atom. The standard InChI is InChI=1S/C21H18ClFN4O/c1-12-15(22)4-2-5-16(12)25-20-19-17(6-3-7-18(19)28)26-21(27-20)24-14-10-8-13(23)9-11-14/h2,4-5,8-11H,3,6-7H2,1H3,(H2,24,25,26,27). The molecule has 1 aliphatic rings. The fourth-order valence-corrected chi connectivity index (χ4v) is 3.38. The number of hydrogen-bond donors (Lipinski definition) is 2. The van der Waals surface area contributed by atoms with Crippen LogP contribution in [0, 0.1) is 12.7 Å². The van der Waals surface area contributed by atoms with Crippen LogP contribution in [0.25, 0.3) is 0 Å². The fourth-order valence-electron chi connectivity index (χ4n) is 3.20. The number of Topliss-reactive ketones (excluding diaryl/α,β-unsaturated/α-hetero) is 1. The van der Waals surface area contributed by atoms with Gasteiger partial charge in [-0.2, -0.15) is 4.98 Å². The van der Waals surface area contributed by atoms with Gasteiger partial charge in [0.05, 0.1) is 11.3 Å². The number of nitrogens with zero attached hydrogens (tertiary/aromatic N) is 2.